The third-order valence-electron chi connectivity index (χ3n) is 4.43. The Morgan fingerprint density at radius 1 is 1.19 bits per heavy atom. The normalized spacial score (nSPS) is 13.4. The maximum absolute atomic E-state index is 12.6. The van der Waals surface area contributed by atoms with Crippen molar-refractivity contribution in [3.05, 3.63) is 60.4 Å². The van der Waals surface area contributed by atoms with Crippen LogP contribution in [0, 0.1) is 5.92 Å². The summed E-state index contributed by atoms with van der Waals surface area (Å²) in [6.07, 6.45) is 4.14. The average Bonchev–Trinajstić information content (AvgIpc) is 3.40. The van der Waals surface area contributed by atoms with Crippen molar-refractivity contribution in [2.75, 3.05) is 11.9 Å². The Bertz CT molecular complexity index is 914. The molecule has 0 radical (unpaired) electrons. The van der Waals surface area contributed by atoms with Crippen molar-refractivity contribution >= 4 is 11.6 Å². The summed E-state index contributed by atoms with van der Waals surface area (Å²) in [4.78, 5) is 12.6. The summed E-state index contributed by atoms with van der Waals surface area (Å²) in [5.74, 6) is 2.03. The summed E-state index contributed by atoms with van der Waals surface area (Å²) in [5.41, 5.74) is 2.10. The first-order chi connectivity index (χ1) is 12.7. The highest BCUT2D eigenvalue weighted by Crippen LogP contribution is 2.30. The fraction of sp³-hybridized carbons (Fsp3) is 0.250. The predicted octanol–water partition coefficient (Wildman–Crippen LogP) is 3.52. The third-order valence-corrected chi connectivity index (χ3v) is 4.43. The number of ether oxygens (including phenoxy) is 1. The molecule has 6 nitrogen and oxygen atoms in total. The zero-order valence-corrected chi connectivity index (χ0v) is 14.6. The van der Waals surface area contributed by atoms with E-state index in [1.54, 1.807) is 18.5 Å². The molecule has 1 saturated carbocycles. The Morgan fingerprint density at radius 3 is 2.65 bits per heavy atom. The number of benzene rings is 2. The predicted molar refractivity (Wildman–Crippen MR) is 99.1 cm³/mol. The van der Waals surface area contributed by atoms with Crippen LogP contribution >= 0.6 is 0 Å². The van der Waals surface area contributed by atoms with Crippen molar-refractivity contribution in [1.82, 2.24) is 14.8 Å². The van der Waals surface area contributed by atoms with Crippen molar-refractivity contribution in [3.63, 3.8) is 0 Å². The van der Waals surface area contributed by atoms with Crippen molar-refractivity contribution in [2.45, 2.75) is 12.8 Å². The van der Waals surface area contributed by atoms with Crippen LogP contribution in [-0.4, -0.2) is 27.3 Å². The molecule has 1 heterocycles. The van der Waals surface area contributed by atoms with E-state index in [1.165, 1.54) is 12.8 Å². The number of nitrogens with one attached hydrogen (secondary N) is 1. The molecule has 26 heavy (non-hydrogen) atoms. The van der Waals surface area contributed by atoms with Crippen molar-refractivity contribution in [1.29, 1.82) is 0 Å². The maximum atomic E-state index is 12.6. The molecule has 3 aromatic rings. The fourth-order valence-electron chi connectivity index (χ4n) is 2.71. The van der Waals surface area contributed by atoms with Crippen LogP contribution in [0.25, 0.3) is 11.4 Å². The Hall–Kier alpha value is -3.15. The van der Waals surface area contributed by atoms with Crippen LogP contribution in [-0.2, 0) is 7.05 Å². The number of rotatable bonds is 6. The van der Waals surface area contributed by atoms with E-state index in [4.69, 9.17) is 4.74 Å². The van der Waals surface area contributed by atoms with Gasteiger partial charge >= 0.3 is 0 Å². The van der Waals surface area contributed by atoms with Gasteiger partial charge in [0.15, 0.2) is 5.82 Å². The Labute approximate surface area is 151 Å². The second kappa shape index (κ2) is 7.00. The van der Waals surface area contributed by atoms with E-state index in [0.29, 0.717) is 23.0 Å². The van der Waals surface area contributed by atoms with Crippen molar-refractivity contribution < 1.29 is 9.53 Å². The van der Waals surface area contributed by atoms with Gasteiger partial charge in [0.2, 0.25) is 0 Å². The molecule has 2 aromatic carbocycles. The number of carbonyl (C=O) groups is 1. The van der Waals surface area contributed by atoms with Gasteiger partial charge < -0.3 is 14.6 Å². The van der Waals surface area contributed by atoms with Gasteiger partial charge in [0, 0.05) is 18.2 Å². The van der Waals surface area contributed by atoms with Gasteiger partial charge in [0.05, 0.1) is 12.3 Å². The zero-order chi connectivity index (χ0) is 17.9. The van der Waals surface area contributed by atoms with Gasteiger partial charge in [-0.15, -0.1) is 10.2 Å². The van der Waals surface area contributed by atoms with Gasteiger partial charge in [-0.2, -0.15) is 0 Å². The molecule has 0 spiro atoms. The fourth-order valence-corrected chi connectivity index (χ4v) is 2.71. The molecular formula is C20H20N4O2. The molecule has 1 N–H and O–H groups in total. The van der Waals surface area contributed by atoms with Crippen molar-refractivity contribution in [3.8, 4) is 17.1 Å². The van der Waals surface area contributed by atoms with E-state index in [9.17, 15) is 4.79 Å². The van der Waals surface area contributed by atoms with Gasteiger partial charge in [-0.25, -0.2) is 0 Å². The SMILES string of the molecule is Cn1cnnc1-c1ccccc1NC(=O)c1ccc(OCC2CC2)cc1. The number of aryl methyl sites for hydroxylation is 1. The standard InChI is InChI=1S/C20H20N4O2/c1-24-13-21-23-19(24)17-4-2-3-5-18(17)22-20(25)15-8-10-16(11-9-15)26-12-14-6-7-14/h2-5,8-11,13-14H,6-7,12H2,1H3,(H,22,25). The smallest absolute Gasteiger partial charge is 0.255 e. The van der Waals surface area contributed by atoms with Crippen LogP contribution in [0.3, 0.4) is 0 Å². The molecule has 1 aliphatic carbocycles. The summed E-state index contributed by atoms with van der Waals surface area (Å²) < 4.78 is 7.53. The lowest BCUT2D eigenvalue weighted by Gasteiger charge is -2.11. The minimum Gasteiger partial charge on any atom is -0.493 e. The van der Waals surface area contributed by atoms with E-state index >= 15 is 0 Å². The summed E-state index contributed by atoms with van der Waals surface area (Å²) in [6.45, 7) is 0.761. The topological polar surface area (TPSA) is 69.0 Å². The lowest BCUT2D eigenvalue weighted by molar-refractivity contribution is 0.102. The van der Waals surface area contributed by atoms with Crippen molar-refractivity contribution in [2.24, 2.45) is 13.0 Å². The third kappa shape index (κ3) is 3.59. The second-order valence-corrected chi connectivity index (χ2v) is 6.54. The van der Waals surface area contributed by atoms with E-state index in [1.807, 2.05) is 48.0 Å². The molecule has 1 fully saturated rings. The number of aromatic nitrogens is 3. The number of anilines is 1. The van der Waals surface area contributed by atoms with Crippen LogP contribution in [0.5, 0.6) is 5.75 Å². The highest BCUT2D eigenvalue weighted by Gasteiger charge is 2.22. The Balaban J connectivity index is 1.49. The van der Waals surface area contributed by atoms with Crippen LogP contribution < -0.4 is 10.1 Å². The quantitative estimate of drug-likeness (QED) is 0.740. The van der Waals surface area contributed by atoms with Gasteiger partial charge in [-0.05, 0) is 55.2 Å². The summed E-state index contributed by atoms with van der Waals surface area (Å²) >= 11 is 0. The molecule has 1 amide bonds. The van der Waals surface area contributed by atoms with Crippen LogP contribution in [0.2, 0.25) is 0 Å². The molecule has 0 aliphatic heterocycles. The lowest BCUT2D eigenvalue weighted by atomic mass is 10.1. The molecule has 132 valence electrons. The van der Waals surface area contributed by atoms with Gasteiger partial charge in [-0.1, -0.05) is 12.1 Å². The van der Waals surface area contributed by atoms with Gasteiger partial charge in [0.1, 0.15) is 12.1 Å². The molecule has 4 rings (SSSR count). The first kappa shape index (κ1) is 16.3. The van der Waals surface area contributed by atoms with E-state index in [2.05, 4.69) is 15.5 Å². The summed E-state index contributed by atoms with van der Waals surface area (Å²) in [7, 11) is 1.87. The lowest BCUT2D eigenvalue weighted by Crippen LogP contribution is -2.13. The monoisotopic (exact) mass is 348 g/mol. The highest BCUT2D eigenvalue weighted by molar-refractivity contribution is 6.06. The number of carbonyl (C=O) groups excluding carboxylic acids is 1. The van der Waals surface area contributed by atoms with Crippen LogP contribution in [0.1, 0.15) is 23.2 Å². The molecule has 0 atom stereocenters. The number of nitrogens with zero attached hydrogens (tertiary/aromatic N) is 3. The Morgan fingerprint density at radius 2 is 1.96 bits per heavy atom. The van der Waals surface area contributed by atoms with Crippen LogP contribution in [0.4, 0.5) is 5.69 Å². The average molecular weight is 348 g/mol. The molecule has 0 unspecified atom stereocenters. The molecule has 1 aromatic heterocycles. The van der Waals surface area contributed by atoms with E-state index in [-0.39, 0.29) is 5.91 Å². The first-order valence-corrected chi connectivity index (χ1v) is 8.68. The van der Waals surface area contributed by atoms with Gasteiger partial charge in [-0.3, -0.25) is 4.79 Å². The molecular weight excluding hydrogens is 328 g/mol. The maximum Gasteiger partial charge on any atom is 0.255 e. The van der Waals surface area contributed by atoms with E-state index < -0.39 is 0 Å². The molecule has 1 aliphatic rings. The minimum absolute atomic E-state index is 0.173. The van der Waals surface area contributed by atoms with Gasteiger partial charge in [0.25, 0.3) is 5.91 Å². The number of para-hydroxylation sites is 1. The molecule has 6 heteroatoms. The number of hydrogen-bond donors (Lipinski definition) is 1. The summed E-state index contributed by atoms with van der Waals surface area (Å²) in [6, 6.07) is 14.8. The number of amides is 1. The largest absolute Gasteiger partial charge is 0.493 e. The molecule has 0 bridgehead atoms. The Kier molecular flexibility index (Phi) is 4.39. The first-order valence-electron chi connectivity index (χ1n) is 8.68. The van der Waals surface area contributed by atoms with Crippen LogP contribution in [0.15, 0.2) is 54.9 Å². The number of hydrogen-bond acceptors (Lipinski definition) is 4. The zero-order valence-electron chi connectivity index (χ0n) is 14.6. The minimum atomic E-state index is -0.173. The van der Waals surface area contributed by atoms with E-state index in [0.717, 1.165) is 17.9 Å². The molecule has 0 saturated heterocycles. The highest BCUT2D eigenvalue weighted by atomic mass is 16.5. The second-order valence-electron chi connectivity index (χ2n) is 6.54. The summed E-state index contributed by atoms with van der Waals surface area (Å²) in [5, 5.41) is 11.0.